The van der Waals surface area contributed by atoms with Crippen LogP contribution in [0.25, 0.3) is 0 Å². The molecule has 0 fully saturated rings. The Kier molecular flexibility index (Phi) is 6.57. The highest BCUT2D eigenvalue weighted by atomic mass is 32.2. The first-order valence-corrected chi connectivity index (χ1v) is 12.7. The number of rotatable bonds is 7. The van der Waals surface area contributed by atoms with Crippen molar-refractivity contribution in [2.24, 2.45) is 0 Å². The van der Waals surface area contributed by atoms with Crippen molar-refractivity contribution in [1.82, 2.24) is 9.21 Å². The summed E-state index contributed by atoms with van der Waals surface area (Å²) in [6.07, 6.45) is 0.882. The third-order valence-electron chi connectivity index (χ3n) is 5.85. The van der Waals surface area contributed by atoms with Crippen LogP contribution in [0.4, 0.5) is 0 Å². The van der Waals surface area contributed by atoms with E-state index >= 15 is 0 Å². The Balaban J connectivity index is 1.73. The predicted octanol–water partition coefficient (Wildman–Crippen LogP) is 4.16. The van der Waals surface area contributed by atoms with Gasteiger partial charge in [-0.3, -0.25) is 4.90 Å². The van der Waals surface area contributed by atoms with Gasteiger partial charge in [0.15, 0.2) is 11.5 Å². The SMILES string of the molecule is COc1cc2c(cc1OC)C(c1cccs1)N(Cc1cccc(S(=O)(=O)N(C)C)c1)CC2. The maximum atomic E-state index is 12.6. The normalized spacial score (nSPS) is 16.7. The van der Waals surface area contributed by atoms with Crippen LogP contribution >= 0.6 is 11.3 Å². The summed E-state index contributed by atoms with van der Waals surface area (Å²) in [5, 5.41) is 2.09. The predicted molar refractivity (Wildman–Crippen MR) is 127 cm³/mol. The third kappa shape index (κ3) is 4.28. The summed E-state index contributed by atoms with van der Waals surface area (Å²) in [5.74, 6) is 1.46. The highest BCUT2D eigenvalue weighted by molar-refractivity contribution is 7.89. The summed E-state index contributed by atoms with van der Waals surface area (Å²) in [6.45, 7) is 1.50. The first kappa shape index (κ1) is 22.8. The van der Waals surface area contributed by atoms with Crippen molar-refractivity contribution in [2.75, 3.05) is 34.9 Å². The van der Waals surface area contributed by atoms with E-state index < -0.39 is 10.0 Å². The number of nitrogens with zero attached hydrogens (tertiary/aromatic N) is 2. The van der Waals surface area contributed by atoms with Gasteiger partial charge in [-0.05, 0) is 58.8 Å². The number of ether oxygens (including phenoxy) is 2. The summed E-state index contributed by atoms with van der Waals surface area (Å²) < 4.78 is 37.6. The zero-order valence-electron chi connectivity index (χ0n) is 18.7. The molecule has 0 amide bonds. The van der Waals surface area contributed by atoms with E-state index in [1.165, 1.54) is 20.3 Å². The minimum Gasteiger partial charge on any atom is -0.493 e. The van der Waals surface area contributed by atoms with E-state index in [-0.39, 0.29) is 6.04 Å². The van der Waals surface area contributed by atoms with Gasteiger partial charge < -0.3 is 9.47 Å². The minimum absolute atomic E-state index is 0.0627. The lowest BCUT2D eigenvalue weighted by molar-refractivity contribution is 0.206. The smallest absolute Gasteiger partial charge is 0.242 e. The molecule has 1 atom stereocenters. The molecule has 0 saturated heterocycles. The van der Waals surface area contributed by atoms with Crippen molar-refractivity contribution in [3.05, 3.63) is 75.5 Å². The molecule has 8 heteroatoms. The van der Waals surface area contributed by atoms with Gasteiger partial charge in [-0.1, -0.05) is 18.2 Å². The van der Waals surface area contributed by atoms with Gasteiger partial charge >= 0.3 is 0 Å². The van der Waals surface area contributed by atoms with E-state index in [2.05, 4.69) is 34.5 Å². The maximum Gasteiger partial charge on any atom is 0.242 e. The van der Waals surface area contributed by atoms with Gasteiger partial charge in [0.25, 0.3) is 0 Å². The molecule has 4 rings (SSSR count). The molecule has 0 saturated carbocycles. The summed E-state index contributed by atoms with van der Waals surface area (Å²) in [6, 6.07) is 15.7. The second-order valence-electron chi connectivity index (χ2n) is 7.98. The Labute approximate surface area is 194 Å². The van der Waals surface area contributed by atoms with E-state index in [4.69, 9.17) is 9.47 Å². The summed E-state index contributed by atoms with van der Waals surface area (Å²) in [5.41, 5.74) is 3.42. The van der Waals surface area contributed by atoms with E-state index in [0.717, 1.165) is 24.3 Å². The maximum absolute atomic E-state index is 12.6. The highest BCUT2D eigenvalue weighted by Gasteiger charge is 2.31. The van der Waals surface area contributed by atoms with Crippen LogP contribution in [0.5, 0.6) is 11.5 Å². The first-order chi connectivity index (χ1) is 15.3. The summed E-state index contributed by atoms with van der Waals surface area (Å²) in [4.78, 5) is 3.97. The van der Waals surface area contributed by atoms with E-state index in [1.807, 2.05) is 12.1 Å². The van der Waals surface area contributed by atoms with E-state index in [9.17, 15) is 8.42 Å². The van der Waals surface area contributed by atoms with Crippen LogP contribution in [0.15, 0.2) is 58.8 Å². The Bertz CT molecular complexity index is 1190. The van der Waals surface area contributed by atoms with Gasteiger partial charge in [0.05, 0.1) is 25.2 Å². The zero-order chi connectivity index (χ0) is 22.9. The lowest BCUT2D eigenvalue weighted by atomic mass is 9.90. The molecule has 0 aliphatic carbocycles. The van der Waals surface area contributed by atoms with Crippen LogP contribution in [0.1, 0.15) is 27.6 Å². The third-order valence-corrected chi connectivity index (χ3v) is 8.58. The first-order valence-electron chi connectivity index (χ1n) is 10.4. The molecule has 170 valence electrons. The van der Waals surface area contributed by atoms with Gasteiger partial charge in [-0.2, -0.15) is 0 Å². The Hall–Kier alpha value is -2.39. The van der Waals surface area contributed by atoms with Crippen molar-refractivity contribution in [2.45, 2.75) is 23.9 Å². The molecule has 0 bridgehead atoms. The Morgan fingerprint density at radius 1 is 1.06 bits per heavy atom. The average molecular weight is 473 g/mol. The van der Waals surface area contributed by atoms with Gasteiger partial charge in [0, 0.05) is 32.1 Å². The molecule has 2 heterocycles. The van der Waals surface area contributed by atoms with Gasteiger partial charge in [-0.15, -0.1) is 11.3 Å². The van der Waals surface area contributed by atoms with Crippen molar-refractivity contribution < 1.29 is 17.9 Å². The standard InChI is InChI=1S/C24H28N2O4S2/c1-25(2)32(27,28)19-8-5-7-17(13-19)16-26-11-10-18-14-21(29-3)22(30-4)15-20(18)24(26)23-9-6-12-31-23/h5-9,12-15,24H,10-11,16H2,1-4H3. The number of hydrogen-bond donors (Lipinski definition) is 0. The summed E-state index contributed by atoms with van der Waals surface area (Å²) >= 11 is 1.73. The topological polar surface area (TPSA) is 59.1 Å². The molecule has 2 aromatic carbocycles. The Morgan fingerprint density at radius 3 is 2.47 bits per heavy atom. The fourth-order valence-electron chi connectivity index (χ4n) is 4.20. The molecule has 0 N–H and O–H groups in total. The number of fused-ring (bicyclic) bond motifs is 1. The lowest BCUT2D eigenvalue weighted by Crippen LogP contribution is -2.35. The number of methoxy groups -OCH3 is 2. The molecule has 1 aliphatic heterocycles. The fraction of sp³-hybridized carbons (Fsp3) is 0.333. The molecule has 6 nitrogen and oxygen atoms in total. The lowest BCUT2D eigenvalue weighted by Gasteiger charge is -2.37. The minimum atomic E-state index is -3.48. The monoisotopic (exact) mass is 472 g/mol. The highest BCUT2D eigenvalue weighted by Crippen LogP contribution is 2.42. The molecule has 1 aromatic heterocycles. The van der Waals surface area contributed by atoms with Gasteiger partial charge in [0.1, 0.15) is 0 Å². The summed E-state index contributed by atoms with van der Waals surface area (Å²) in [7, 11) is 2.94. The van der Waals surface area contributed by atoms with Crippen LogP contribution in [-0.4, -0.2) is 52.5 Å². The van der Waals surface area contributed by atoms with Crippen LogP contribution in [-0.2, 0) is 23.0 Å². The van der Waals surface area contributed by atoms with Crippen LogP contribution in [0, 0.1) is 0 Å². The quantitative estimate of drug-likeness (QED) is 0.517. The van der Waals surface area contributed by atoms with Gasteiger partial charge in [0.2, 0.25) is 10.0 Å². The second kappa shape index (κ2) is 9.23. The van der Waals surface area contributed by atoms with Crippen molar-refractivity contribution in [3.8, 4) is 11.5 Å². The largest absolute Gasteiger partial charge is 0.493 e. The molecule has 0 radical (unpaired) electrons. The fourth-order valence-corrected chi connectivity index (χ4v) is 6.05. The second-order valence-corrected chi connectivity index (χ2v) is 11.1. The zero-order valence-corrected chi connectivity index (χ0v) is 20.4. The molecular formula is C24H28N2O4S2. The number of benzene rings is 2. The molecule has 1 aliphatic rings. The molecule has 3 aromatic rings. The Morgan fingerprint density at radius 2 is 1.81 bits per heavy atom. The van der Waals surface area contributed by atoms with Crippen molar-refractivity contribution in [3.63, 3.8) is 0 Å². The number of thiophene rings is 1. The number of hydrogen-bond acceptors (Lipinski definition) is 6. The molecular weight excluding hydrogens is 444 g/mol. The van der Waals surface area contributed by atoms with E-state index in [0.29, 0.717) is 17.2 Å². The van der Waals surface area contributed by atoms with Crippen LogP contribution < -0.4 is 9.47 Å². The average Bonchev–Trinajstić information content (AvgIpc) is 3.32. The number of sulfonamides is 1. The van der Waals surface area contributed by atoms with E-state index in [1.54, 1.807) is 51.8 Å². The molecule has 0 spiro atoms. The van der Waals surface area contributed by atoms with Gasteiger partial charge in [-0.25, -0.2) is 12.7 Å². The van der Waals surface area contributed by atoms with Crippen LogP contribution in [0.3, 0.4) is 0 Å². The van der Waals surface area contributed by atoms with Crippen molar-refractivity contribution in [1.29, 1.82) is 0 Å². The molecule has 1 unspecified atom stereocenters. The van der Waals surface area contributed by atoms with Crippen LogP contribution in [0.2, 0.25) is 0 Å². The van der Waals surface area contributed by atoms with Crippen molar-refractivity contribution >= 4 is 21.4 Å². The molecule has 32 heavy (non-hydrogen) atoms.